The number of morpholine rings is 1. The summed E-state index contributed by atoms with van der Waals surface area (Å²) in [6.07, 6.45) is 0. The van der Waals surface area contributed by atoms with Crippen molar-refractivity contribution in [1.29, 1.82) is 0 Å². The Bertz CT molecular complexity index is 900. The van der Waals surface area contributed by atoms with E-state index < -0.39 is 11.9 Å². The maximum atomic E-state index is 12.7. The number of carbonyl (C=O) groups excluding carboxylic acids is 2. The molecule has 1 atom stereocenters. The molecule has 2 amide bonds. The number of primary amides is 1. The van der Waals surface area contributed by atoms with Crippen LogP contribution < -0.4 is 16.0 Å². The zero-order chi connectivity index (χ0) is 22.3. The zero-order valence-corrected chi connectivity index (χ0v) is 18.3. The number of hydrogen-bond acceptors (Lipinski definition) is 6. The minimum atomic E-state index is -0.484. The second kappa shape index (κ2) is 10.6. The van der Waals surface area contributed by atoms with Crippen molar-refractivity contribution < 1.29 is 14.3 Å². The van der Waals surface area contributed by atoms with Gasteiger partial charge in [0, 0.05) is 50.6 Å². The molecule has 0 spiro atoms. The summed E-state index contributed by atoms with van der Waals surface area (Å²) in [4.78, 5) is 31.1. The van der Waals surface area contributed by atoms with E-state index in [1.54, 1.807) is 0 Å². The van der Waals surface area contributed by atoms with Crippen LogP contribution in [0.1, 0.15) is 5.56 Å². The molecule has 170 valence electrons. The van der Waals surface area contributed by atoms with Gasteiger partial charge in [0.25, 0.3) is 0 Å². The van der Waals surface area contributed by atoms with Crippen molar-refractivity contribution in [2.24, 2.45) is 5.73 Å². The van der Waals surface area contributed by atoms with Gasteiger partial charge in [-0.1, -0.05) is 30.3 Å². The van der Waals surface area contributed by atoms with Crippen LogP contribution in [0.5, 0.6) is 0 Å². The van der Waals surface area contributed by atoms with Crippen LogP contribution in [0.2, 0.25) is 0 Å². The van der Waals surface area contributed by atoms with E-state index in [0.717, 1.165) is 50.8 Å². The van der Waals surface area contributed by atoms with Gasteiger partial charge in [-0.25, -0.2) is 0 Å². The number of ether oxygens (including phenoxy) is 1. The van der Waals surface area contributed by atoms with Crippen LogP contribution in [0.25, 0.3) is 0 Å². The summed E-state index contributed by atoms with van der Waals surface area (Å²) in [5.74, 6) is -0.544. The van der Waals surface area contributed by atoms with E-state index in [9.17, 15) is 9.59 Å². The first-order valence-corrected chi connectivity index (χ1v) is 11.1. The summed E-state index contributed by atoms with van der Waals surface area (Å²) in [7, 11) is 0. The van der Waals surface area contributed by atoms with E-state index >= 15 is 0 Å². The monoisotopic (exact) mass is 437 g/mol. The van der Waals surface area contributed by atoms with E-state index in [1.165, 1.54) is 5.56 Å². The van der Waals surface area contributed by atoms with Gasteiger partial charge in [-0.3, -0.25) is 19.4 Å². The molecule has 0 radical (unpaired) electrons. The summed E-state index contributed by atoms with van der Waals surface area (Å²) in [6.45, 7) is 6.02. The van der Waals surface area contributed by atoms with Gasteiger partial charge in [0.2, 0.25) is 11.8 Å². The van der Waals surface area contributed by atoms with Gasteiger partial charge >= 0.3 is 0 Å². The summed E-state index contributed by atoms with van der Waals surface area (Å²) >= 11 is 0. The number of hydrogen-bond donors (Lipinski definition) is 2. The fraction of sp³-hybridized carbons (Fsp3) is 0.417. The first kappa shape index (κ1) is 22.3. The maximum Gasteiger partial charge on any atom is 0.238 e. The molecule has 0 aliphatic carbocycles. The van der Waals surface area contributed by atoms with Crippen molar-refractivity contribution >= 4 is 23.2 Å². The highest BCUT2D eigenvalue weighted by Crippen LogP contribution is 2.19. The maximum absolute atomic E-state index is 12.7. The summed E-state index contributed by atoms with van der Waals surface area (Å²) in [5, 5.41) is 2.94. The fourth-order valence-corrected chi connectivity index (χ4v) is 4.28. The topological polar surface area (TPSA) is 91.1 Å². The number of rotatable bonds is 7. The number of nitrogens with zero attached hydrogens (tertiary/aromatic N) is 3. The fourth-order valence-electron chi connectivity index (χ4n) is 4.28. The van der Waals surface area contributed by atoms with Crippen molar-refractivity contribution in [3.63, 3.8) is 0 Å². The predicted molar refractivity (Wildman–Crippen MR) is 124 cm³/mol. The summed E-state index contributed by atoms with van der Waals surface area (Å²) in [5.41, 5.74) is 8.73. The quantitative estimate of drug-likeness (QED) is 0.675. The molecule has 32 heavy (non-hydrogen) atoms. The third kappa shape index (κ3) is 5.85. The first-order valence-electron chi connectivity index (χ1n) is 11.1. The number of amides is 2. The number of benzene rings is 2. The highest BCUT2D eigenvalue weighted by atomic mass is 16.5. The molecule has 2 aromatic rings. The Morgan fingerprint density at radius 3 is 2.38 bits per heavy atom. The Balaban J connectivity index is 1.30. The summed E-state index contributed by atoms with van der Waals surface area (Å²) < 4.78 is 5.39. The molecule has 8 nitrogen and oxygen atoms in total. The van der Waals surface area contributed by atoms with Crippen molar-refractivity contribution in [3.05, 3.63) is 60.2 Å². The van der Waals surface area contributed by atoms with E-state index in [2.05, 4.69) is 27.2 Å². The molecule has 2 aliphatic heterocycles. The Morgan fingerprint density at radius 2 is 1.69 bits per heavy atom. The third-order valence-electron chi connectivity index (χ3n) is 6.03. The predicted octanol–water partition coefficient (Wildman–Crippen LogP) is 1.13. The highest BCUT2D eigenvalue weighted by Gasteiger charge is 2.32. The van der Waals surface area contributed by atoms with E-state index in [-0.39, 0.29) is 12.5 Å². The average molecular weight is 438 g/mol. The second-order valence-corrected chi connectivity index (χ2v) is 8.30. The zero-order valence-electron chi connectivity index (χ0n) is 18.3. The second-order valence-electron chi connectivity index (χ2n) is 8.30. The molecule has 4 rings (SSSR count). The van der Waals surface area contributed by atoms with E-state index in [1.807, 2.05) is 47.4 Å². The smallest absolute Gasteiger partial charge is 0.238 e. The van der Waals surface area contributed by atoms with Gasteiger partial charge in [0.15, 0.2) is 0 Å². The van der Waals surface area contributed by atoms with Crippen molar-refractivity contribution in [3.8, 4) is 0 Å². The van der Waals surface area contributed by atoms with Gasteiger partial charge in [-0.05, 0) is 29.8 Å². The van der Waals surface area contributed by atoms with Crippen LogP contribution in [-0.4, -0.2) is 80.1 Å². The number of nitrogens with two attached hydrogens (primary N) is 1. The van der Waals surface area contributed by atoms with Crippen LogP contribution in [0.4, 0.5) is 11.4 Å². The van der Waals surface area contributed by atoms with Gasteiger partial charge in [-0.15, -0.1) is 0 Å². The van der Waals surface area contributed by atoms with E-state index in [4.69, 9.17) is 10.5 Å². The lowest BCUT2D eigenvalue weighted by molar-refractivity contribution is -0.127. The van der Waals surface area contributed by atoms with Gasteiger partial charge in [0.05, 0.1) is 19.8 Å². The van der Waals surface area contributed by atoms with Gasteiger partial charge in [0.1, 0.15) is 6.04 Å². The molecule has 2 heterocycles. The molecule has 0 aromatic heterocycles. The molecule has 0 bridgehead atoms. The van der Waals surface area contributed by atoms with Crippen LogP contribution in [0.15, 0.2) is 54.6 Å². The average Bonchev–Trinajstić information content (AvgIpc) is 2.81. The molecule has 8 heteroatoms. The lowest BCUT2D eigenvalue weighted by Crippen LogP contribution is -2.59. The number of anilines is 2. The molecule has 2 fully saturated rings. The van der Waals surface area contributed by atoms with Crippen molar-refractivity contribution in [2.45, 2.75) is 12.6 Å². The van der Waals surface area contributed by atoms with Crippen LogP contribution in [-0.2, 0) is 20.9 Å². The number of carbonyl (C=O) groups is 2. The van der Waals surface area contributed by atoms with Crippen molar-refractivity contribution in [2.75, 3.05) is 62.7 Å². The highest BCUT2D eigenvalue weighted by molar-refractivity contribution is 5.93. The normalized spacial score (nSPS) is 20.1. The van der Waals surface area contributed by atoms with Crippen LogP contribution in [0, 0.1) is 0 Å². The molecular weight excluding hydrogens is 406 g/mol. The van der Waals surface area contributed by atoms with Crippen molar-refractivity contribution in [1.82, 2.24) is 9.80 Å². The molecule has 2 saturated heterocycles. The minimum Gasteiger partial charge on any atom is -0.378 e. The van der Waals surface area contributed by atoms with Crippen LogP contribution in [0.3, 0.4) is 0 Å². The molecule has 3 N–H and O–H groups in total. The lowest BCUT2D eigenvalue weighted by atomic mass is 10.1. The Labute approximate surface area is 188 Å². The van der Waals surface area contributed by atoms with Crippen LogP contribution >= 0.6 is 0 Å². The molecular formula is C24H31N5O3. The SMILES string of the molecule is NC(=O)[C@@H]1CN(Cc2ccccc2)CCN1CC(=O)Nc1ccc(N2CCOCC2)cc1. The molecule has 0 unspecified atom stereocenters. The lowest BCUT2D eigenvalue weighted by Gasteiger charge is -2.39. The Hall–Kier alpha value is -2.94. The standard InChI is InChI=1S/C24H31N5O3/c25-24(31)22-17-27(16-19-4-2-1-3-5-19)10-11-29(22)18-23(30)26-20-6-8-21(9-7-20)28-12-14-32-15-13-28/h1-9,22H,10-18H2,(H2,25,31)(H,26,30)/t22-/m0/s1. The van der Waals surface area contributed by atoms with E-state index in [0.29, 0.717) is 13.1 Å². The summed E-state index contributed by atoms with van der Waals surface area (Å²) in [6, 6.07) is 17.5. The first-order chi connectivity index (χ1) is 15.6. The Morgan fingerprint density at radius 1 is 0.969 bits per heavy atom. The largest absolute Gasteiger partial charge is 0.378 e. The number of nitrogens with one attached hydrogen (secondary N) is 1. The van der Waals surface area contributed by atoms with Gasteiger partial charge < -0.3 is 20.7 Å². The molecule has 2 aromatic carbocycles. The third-order valence-corrected chi connectivity index (χ3v) is 6.03. The Kier molecular flexibility index (Phi) is 7.36. The minimum absolute atomic E-state index is 0.137. The molecule has 2 aliphatic rings. The molecule has 0 saturated carbocycles. The number of piperazine rings is 1. The van der Waals surface area contributed by atoms with Gasteiger partial charge in [-0.2, -0.15) is 0 Å².